The van der Waals surface area contributed by atoms with Gasteiger partial charge in [0.15, 0.2) is 0 Å². The standard InChI is InChI=1S/C29H23IN2O4S/c1-20-13-15-26(16-14-20)37(33,34)29-28(36-27(32-29)22-8-6-9-23(30)18-22)31-19-21-7-5-12-25(17-21)35-24-10-3-2-4-11-24/h2-18,31H,19H2,1H3. The Balaban J connectivity index is 1.46. The van der Waals surface area contributed by atoms with E-state index in [-0.39, 0.29) is 21.7 Å². The number of para-hydroxylation sites is 1. The predicted octanol–water partition coefficient (Wildman–Crippen LogP) is 7.49. The van der Waals surface area contributed by atoms with Crippen molar-refractivity contribution in [1.82, 2.24) is 4.98 Å². The molecule has 0 spiro atoms. The molecule has 0 saturated heterocycles. The Labute approximate surface area is 229 Å². The van der Waals surface area contributed by atoms with Crippen LogP contribution < -0.4 is 10.1 Å². The zero-order valence-electron chi connectivity index (χ0n) is 19.9. The molecule has 0 aliphatic carbocycles. The van der Waals surface area contributed by atoms with Crippen LogP contribution in [0.15, 0.2) is 117 Å². The van der Waals surface area contributed by atoms with Crippen molar-refractivity contribution in [2.45, 2.75) is 23.4 Å². The number of oxazole rings is 1. The number of nitrogens with zero attached hydrogens (tertiary/aromatic N) is 1. The van der Waals surface area contributed by atoms with Crippen molar-refractivity contribution >= 4 is 38.3 Å². The van der Waals surface area contributed by atoms with Gasteiger partial charge in [-0.3, -0.25) is 0 Å². The lowest BCUT2D eigenvalue weighted by molar-refractivity contribution is 0.482. The number of nitrogens with one attached hydrogen (secondary N) is 1. The van der Waals surface area contributed by atoms with E-state index in [9.17, 15) is 8.42 Å². The van der Waals surface area contributed by atoms with Crippen molar-refractivity contribution in [2.75, 3.05) is 5.32 Å². The summed E-state index contributed by atoms with van der Waals surface area (Å²) in [7, 11) is -3.93. The summed E-state index contributed by atoms with van der Waals surface area (Å²) in [6, 6.07) is 31.3. The second-order valence-electron chi connectivity index (χ2n) is 8.40. The summed E-state index contributed by atoms with van der Waals surface area (Å²) in [6.07, 6.45) is 0. The first-order valence-corrected chi connectivity index (χ1v) is 14.1. The molecule has 0 aliphatic heterocycles. The summed E-state index contributed by atoms with van der Waals surface area (Å²) in [5.74, 6) is 1.73. The SMILES string of the molecule is Cc1ccc(S(=O)(=O)c2nc(-c3cccc(I)c3)oc2NCc2cccc(Oc3ccccc3)c2)cc1. The summed E-state index contributed by atoms with van der Waals surface area (Å²) < 4.78 is 40.0. The number of hydrogen-bond donors (Lipinski definition) is 1. The van der Waals surface area contributed by atoms with Gasteiger partial charge in [0, 0.05) is 15.7 Å². The first-order valence-electron chi connectivity index (χ1n) is 11.5. The second kappa shape index (κ2) is 10.8. The monoisotopic (exact) mass is 622 g/mol. The Morgan fingerprint density at radius 3 is 2.35 bits per heavy atom. The van der Waals surface area contributed by atoms with Crippen LogP contribution >= 0.6 is 22.6 Å². The second-order valence-corrected chi connectivity index (χ2v) is 11.5. The fourth-order valence-electron chi connectivity index (χ4n) is 3.70. The highest BCUT2D eigenvalue weighted by Crippen LogP contribution is 2.33. The van der Waals surface area contributed by atoms with Crippen LogP contribution in [0.3, 0.4) is 0 Å². The highest BCUT2D eigenvalue weighted by molar-refractivity contribution is 14.1. The van der Waals surface area contributed by atoms with Crippen LogP contribution in [-0.2, 0) is 16.4 Å². The molecule has 5 aromatic rings. The van der Waals surface area contributed by atoms with Crippen molar-refractivity contribution in [3.05, 3.63) is 118 Å². The van der Waals surface area contributed by atoms with Crippen LogP contribution in [0.1, 0.15) is 11.1 Å². The molecule has 1 N–H and O–H groups in total. The summed E-state index contributed by atoms with van der Waals surface area (Å²) >= 11 is 2.20. The molecule has 0 atom stereocenters. The predicted molar refractivity (Wildman–Crippen MR) is 152 cm³/mol. The number of aromatic nitrogens is 1. The van der Waals surface area contributed by atoms with Gasteiger partial charge in [0.05, 0.1) is 4.90 Å². The number of hydrogen-bond acceptors (Lipinski definition) is 6. The minimum Gasteiger partial charge on any atom is -0.457 e. The molecule has 37 heavy (non-hydrogen) atoms. The lowest BCUT2D eigenvalue weighted by Gasteiger charge is -2.09. The third-order valence-corrected chi connectivity index (χ3v) is 7.93. The highest BCUT2D eigenvalue weighted by Gasteiger charge is 2.28. The van der Waals surface area contributed by atoms with Crippen LogP contribution in [0.4, 0.5) is 5.88 Å². The summed E-state index contributed by atoms with van der Waals surface area (Å²) in [5.41, 5.74) is 2.55. The Kier molecular flexibility index (Phi) is 7.29. The molecule has 0 bridgehead atoms. The molecular formula is C29H23IN2O4S. The van der Waals surface area contributed by atoms with Gasteiger partial charge < -0.3 is 14.5 Å². The maximum atomic E-state index is 13.6. The number of aryl methyl sites for hydroxylation is 1. The van der Waals surface area contributed by atoms with Gasteiger partial charge in [-0.1, -0.05) is 54.1 Å². The fourth-order valence-corrected chi connectivity index (χ4v) is 5.52. The van der Waals surface area contributed by atoms with Crippen LogP contribution in [0.25, 0.3) is 11.5 Å². The van der Waals surface area contributed by atoms with Gasteiger partial charge in [0.2, 0.25) is 26.6 Å². The molecule has 1 aromatic heterocycles. The smallest absolute Gasteiger partial charge is 0.234 e. The molecular weight excluding hydrogens is 599 g/mol. The van der Waals surface area contributed by atoms with E-state index in [1.165, 1.54) is 0 Å². The topological polar surface area (TPSA) is 81.4 Å². The van der Waals surface area contributed by atoms with Crippen molar-refractivity contribution in [2.24, 2.45) is 0 Å². The Hall–Kier alpha value is -3.63. The minimum absolute atomic E-state index is 0.0869. The molecule has 0 fully saturated rings. The molecule has 5 rings (SSSR count). The Morgan fingerprint density at radius 2 is 1.59 bits per heavy atom. The molecule has 0 amide bonds. The van der Waals surface area contributed by atoms with Gasteiger partial charge in [-0.05, 0) is 89.7 Å². The van der Waals surface area contributed by atoms with Crippen LogP contribution in [0, 0.1) is 10.5 Å². The van der Waals surface area contributed by atoms with E-state index in [1.54, 1.807) is 24.3 Å². The third kappa shape index (κ3) is 5.86. The minimum atomic E-state index is -3.93. The van der Waals surface area contributed by atoms with Crippen molar-refractivity contribution in [1.29, 1.82) is 0 Å². The summed E-state index contributed by atoms with van der Waals surface area (Å²) in [5, 5.41) is 3.00. The lowest BCUT2D eigenvalue weighted by Crippen LogP contribution is -2.07. The molecule has 6 nitrogen and oxygen atoms in total. The molecule has 1 heterocycles. The summed E-state index contributed by atoms with van der Waals surface area (Å²) in [4.78, 5) is 4.59. The average molecular weight is 622 g/mol. The number of rotatable bonds is 8. The Bertz CT molecular complexity index is 1630. The maximum absolute atomic E-state index is 13.6. The molecule has 0 unspecified atom stereocenters. The molecule has 0 aliphatic rings. The van der Waals surface area contributed by atoms with Gasteiger partial charge in [-0.15, -0.1) is 0 Å². The van der Waals surface area contributed by atoms with E-state index in [2.05, 4.69) is 32.9 Å². The molecule has 4 aromatic carbocycles. The maximum Gasteiger partial charge on any atom is 0.234 e. The zero-order valence-corrected chi connectivity index (χ0v) is 22.9. The average Bonchev–Trinajstić information content (AvgIpc) is 3.34. The first kappa shape index (κ1) is 25.0. The molecule has 186 valence electrons. The number of benzene rings is 4. The van der Waals surface area contributed by atoms with E-state index >= 15 is 0 Å². The third-order valence-electron chi connectivity index (χ3n) is 5.58. The van der Waals surface area contributed by atoms with Crippen molar-refractivity contribution < 1.29 is 17.6 Å². The van der Waals surface area contributed by atoms with Gasteiger partial charge >= 0.3 is 0 Å². The van der Waals surface area contributed by atoms with E-state index in [0.29, 0.717) is 17.9 Å². The van der Waals surface area contributed by atoms with Gasteiger partial charge in [0.1, 0.15) is 11.5 Å². The van der Waals surface area contributed by atoms with Crippen LogP contribution in [0.5, 0.6) is 11.5 Å². The number of sulfone groups is 1. The Morgan fingerprint density at radius 1 is 0.865 bits per heavy atom. The lowest BCUT2D eigenvalue weighted by atomic mass is 10.2. The van der Waals surface area contributed by atoms with Gasteiger partial charge in [-0.25, -0.2) is 8.42 Å². The van der Waals surface area contributed by atoms with E-state index in [0.717, 1.165) is 20.4 Å². The van der Waals surface area contributed by atoms with Crippen LogP contribution in [0.2, 0.25) is 0 Å². The van der Waals surface area contributed by atoms with E-state index < -0.39 is 9.84 Å². The number of halogens is 1. The number of anilines is 1. The van der Waals surface area contributed by atoms with Gasteiger partial charge in [-0.2, -0.15) is 4.98 Å². The van der Waals surface area contributed by atoms with E-state index in [1.807, 2.05) is 85.8 Å². The first-order chi connectivity index (χ1) is 17.9. The largest absolute Gasteiger partial charge is 0.457 e. The van der Waals surface area contributed by atoms with Crippen molar-refractivity contribution in [3.8, 4) is 23.0 Å². The van der Waals surface area contributed by atoms with E-state index in [4.69, 9.17) is 9.15 Å². The molecule has 0 radical (unpaired) electrons. The van der Waals surface area contributed by atoms with Gasteiger partial charge in [0.25, 0.3) is 0 Å². The zero-order chi connectivity index (χ0) is 25.8. The fraction of sp³-hybridized carbons (Fsp3) is 0.0690. The van der Waals surface area contributed by atoms with Crippen LogP contribution in [-0.4, -0.2) is 13.4 Å². The van der Waals surface area contributed by atoms with Crippen molar-refractivity contribution in [3.63, 3.8) is 0 Å². The quantitative estimate of drug-likeness (QED) is 0.181. The molecule has 0 saturated carbocycles. The molecule has 8 heteroatoms. The normalized spacial score (nSPS) is 11.3. The highest BCUT2D eigenvalue weighted by atomic mass is 127. The summed E-state index contributed by atoms with van der Waals surface area (Å²) in [6.45, 7) is 2.22. The number of ether oxygens (including phenoxy) is 1.